The number of nitrogens with one attached hydrogen (secondary N) is 2. The van der Waals surface area contributed by atoms with E-state index in [0.29, 0.717) is 17.7 Å². The van der Waals surface area contributed by atoms with E-state index < -0.39 is 0 Å². The van der Waals surface area contributed by atoms with Crippen molar-refractivity contribution < 1.29 is 9.53 Å². The molecular weight excluding hydrogens is 316 g/mol. The van der Waals surface area contributed by atoms with Crippen LogP contribution in [0.5, 0.6) is 0 Å². The summed E-state index contributed by atoms with van der Waals surface area (Å²) in [5.74, 6) is -0.182. The quantitative estimate of drug-likeness (QED) is 0.899. The van der Waals surface area contributed by atoms with E-state index in [9.17, 15) is 9.59 Å². The molecule has 0 aliphatic carbocycles. The number of rotatable bonds is 4. The highest BCUT2D eigenvalue weighted by atomic mass is 16.5. The predicted molar refractivity (Wildman–Crippen MR) is 96.9 cm³/mol. The largest absolute Gasteiger partial charge is 0.381 e. The van der Waals surface area contributed by atoms with Crippen molar-refractivity contribution in [1.29, 1.82) is 0 Å². The third-order valence-corrected chi connectivity index (χ3v) is 4.98. The van der Waals surface area contributed by atoms with Crippen LogP contribution in [0.15, 0.2) is 35.1 Å². The Hall–Kier alpha value is -2.40. The monoisotopic (exact) mass is 340 g/mol. The molecule has 5 nitrogen and oxygen atoms in total. The van der Waals surface area contributed by atoms with Crippen LogP contribution in [-0.4, -0.2) is 24.1 Å². The summed E-state index contributed by atoms with van der Waals surface area (Å²) in [6.07, 6.45) is 0.994. The van der Waals surface area contributed by atoms with Crippen molar-refractivity contribution >= 4 is 5.91 Å². The molecule has 1 aliphatic rings. The minimum absolute atomic E-state index is 0.0291. The van der Waals surface area contributed by atoms with Crippen LogP contribution in [0.2, 0.25) is 0 Å². The van der Waals surface area contributed by atoms with Crippen LogP contribution < -0.4 is 10.9 Å². The lowest BCUT2D eigenvalue weighted by Crippen LogP contribution is -2.28. The first kappa shape index (κ1) is 17.4. The number of amides is 1. The predicted octanol–water partition coefficient (Wildman–Crippen LogP) is 2.60. The molecule has 1 amide bonds. The van der Waals surface area contributed by atoms with E-state index in [0.717, 1.165) is 24.3 Å². The second kappa shape index (κ2) is 6.84. The molecule has 5 heteroatoms. The smallest absolute Gasteiger partial charge is 0.253 e. The SMILES string of the molecule is Cc1cc(C)c(CNC(=O)c2ccc(C3(C)CCOC3)cc2)c(=O)[nH]1. The molecule has 0 radical (unpaired) electrons. The zero-order valence-corrected chi connectivity index (χ0v) is 14.9. The second-order valence-corrected chi connectivity index (χ2v) is 7.07. The van der Waals surface area contributed by atoms with Gasteiger partial charge in [0.1, 0.15) is 0 Å². The minimum atomic E-state index is -0.182. The fraction of sp³-hybridized carbons (Fsp3) is 0.400. The number of aryl methyl sites for hydroxylation is 2. The first-order valence-corrected chi connectivity index (χ1v) is 8.55. The lowest BCUT2D eigenvalue weighted by molar-refractivity contribution is 0.0950. The van der Waals surface area contributed by atoms with Gasteiger partial charge in [-0.15, -0.1) is 0 Å². The molecule has 0 bridgehead atoms. The number of H-pyrrole nitrogens is 1. The molecule has 1 aromatic heterocycles. The summed E-state index contributed by atoms with van der Waals surface area (Å²) >= 11 is 0. The Labute approximate surface area is 147 Å². The van der Waals surface area contributed by atoms with E-state index in [1.54, 1.807) is 0 Å². The van der Waals surface area contributed by atoms with Gasteiger partial charge in [0.05, 0.1) is 6.61 Å². The standard InChI is InChI=1S/C20H24N2O3/c1-13-10-14(2)22-19(24)17(13)11-21-18(23)15-4-6-16(7-5-15)20(3)8-9-25-12-20/h4-7,10H,8-9,11-12H2,1-3H3,(H,21,23)(H,22,24). The lowest BCUT2D eigenvalue weighted by atomic mass is 9.82. The number of hydrogen-bond donors (Lipinski definition) is 2. The highest BCUT2D eigenvalue weighted by Gasteiger charge is 2.31. The van der Waals surface area contributed by atoms with E-state index in [4.69, 9.17) is 4.74 Å². The molecule has 132 valence electrons. The Morgan fingerprint density at radius 2 is 2.00 bits per heavy atom. The van der Waals surface area contributed by atoms with Gasteiger partial charge in [-0.05, 0) is 49.6 Å². The van der Waals surface area contributed by atoms with Crippen molar-refractivity contribution in [2.24, 2.45) is 0 Å². The lowest BCUT2D eigenvalue weighted by Gasteiger charge is -2.22. The molecule has 1 aliphatic heterocycles. The Bertz CT molecular complexity index is 831. The highest BCUT2D eigenvalue weighted by molar-refractivity contribution is 5.94. The summed E-state index contributed by atoms with van der Waals surface area (Å²) in [5.41, 5.74) is 3.94. The van der Waals surface area contributed by atoms with Gasteiger partial charge in [0.2, 0.25) is 0 Å². The van der Waals surface area contributed by atoms with Crippen molar-refractivity contribution in [3.8, 4) is 0 Å². The summed E-state index contributed by atoms with van der Waals surface area (Å²) in [7, 11) is 0. The van der Waals surface area contributed by atoms with Crippen molar-refractivity contribution in [1.82, 2.24) is 10.3 Å². The topological polar surface area (TPSA) is 71.2 Å². The van der Waals surface area contributed by atoms with Crippen LogP contribution in [0.1, 0.15) is 46.1 Å². The van der Waals surface area contributed by atoms with Gasteiger partial charge in [0, 0.05) is 35.4 Å². The van der Waals surface area contributed by atoms with Crippen LogP contribution in [0, 0.1) is 13.8 Å². The summed E-state index contributed by atoms with van der Waals surface area (Å²) in [5, 5.41) is 2.83. The normalized spacial score (nSPS) is 19.8. The van der Waals surface area contributed by atoms with Crippen molar-refractivity contribution in [2.45, 2.75) is 39.2 Å². The van der Waals surface area contributed by atoms with Crippen LogP contribution in [-0.2, 0) is 16.7 Å². The average Bonchev–Trinajstić information content (AvgIpc) is 3.02. The van der Waals surface area contributed by atoms with Gasteiger partial charge < -0.3 is 15.0 Å². The first-order chi connectivity index (χ1) is 11.9. The van der Waals surface area contributed by atoms with E-state index >= 15 is 0 Å². The average molecular weight is 340 g/mol. The number of hydrogen-bond acceptors (Lipinski definition) is 3. The summed E-state index contributed by atoms with van der Waals surface area (Å²) in [4.78, 5) is 27.2. The maximum atomic E-state index is 12.4. The summed E-state index contributed by atoms with van der Waals surface area (Å²) < 4.78 is 5.50. The fourth-order valence-corrected chi connectivity index (χ4v) is 3.29. The van der Waals surface area contributed by atoms with Crippen molar-refractivity contribution in [3.05, 3.63) is 68.6 Å². The number of ether oxygens (including phenoxy) is 1. The number of pyridine rings is 1. The number of carbonyl (C=O) groups excluding carboxylic acids is 1. The molecule has 2 N–H and O–H groups in total. The molecule has 1 saturated heterocycles. The molecule has 1 aromatic carbocycles. The first-order valence-electron chi connectivity index (χ1n) is 8.55. The zero-order valence-electron chi connectivity index (χ0n) is 14.9. The third kappa shape index (κ3) is 3.66. The van der Waals surface area contributed by atoms with E-state index in [1.807, 2.05) is 44.2 Å². The third-order valence-electron chi connectivity index (χ3n) is 4.98. The summed E-state index contributed by atoms with van der Waals surface area (Å²) in [6, 6.07) is 9.56. The van der Waals surface area contributed by atoms with Gasteiger partial charge in [-0.2, -0.15) is 0 Å². The number of carbonyl (C=O) groups is 1. The van der Waals surface area contributed by atoms with E-state index in [-0.39, 0.29) is 23.4 Å². The van der Waals surface area contributed by atoms with Gasteiger partial charge in [-0.1, -0.05) is 19.1 Å². The van der Waals surface area contributed by atoms with Gasteiger partial charge >= 0.3 is 0 Å². The Kier molecular flexibility index (Phi) is 4.77. The van der Waals surface area contributed by atoms with Gasteiger partial charge in [-0.25, -0.2) is 0 Å². The molecule has 1 fully saturated rings. The van der Waals surface area contributed by atoms with Crippen molar-refractivity contribution in [2.75, 3.05) is 13.2 Å². The van der Waals surface area contributed by atoms with Crippen LogP contribution in [0.3, 0.4) is 0 Å². The Morgan fingerprint density at radius 3 is 2.60 bits per heavy atom. The maximum absolute atomic E-state index is 12.4. The number of aromatic nitrogens is 1. The Balaban J connectivity index is 1.69. The van der Waals surface area contributed by atoms with Crippen LogP contribution in [0.25, 0.3) is 0 Å². The molecule has 2 aromatic rings. The minimum Gasteiger partial charge on any atom is -0.381 e. The van der Waals surface area contributed by atoms with Crippen LogP contribution in [0.4, 0.5) is 0 Å². The number of aromatic amines is 1. The van der Waals surface area contributed by atoms with Crippen LogP contribution >= 0.6 is 0 Å². The molecule has 3 rings (SSSR count). The maximum Gasteiger partial charge on any atom is 0.253 e. The highest BCUT2D eigenvalue weighted by Crippen LogP contribution is 2.32. The van der Waals surface area contributed by atoms with Crippen molar-refractivity contribution in [3.63, 3.8) is 0 Å². The van der Waals surface area contributed by atoms with E-state index in [1.165, 1.54) is 5.56 Å². The zero-order chi connectivity index (χ0) is 18.0. The fourth-order valence-electron chi connectivity index (χ4n) is 3.29. The number of benzene rings is 1. The second-order valence-electron chi connectivity index (χ2n) is 7.07. The Morgan fingerprint density at radius 1 is 1.28 bits per heavy atom. The molecule has 25 heavy (non-hydrogen) atoms. The molecular formula is C20H24N2O3. The van der Waals surface area contributed by atoms with E-state index in [2.05, 4.69) is 17.2 Å². The molecule has 0 spiro atoms. The summed E-state index contributed by atoms with van der Waals surface area (Å²) in [6.45, 7) is 7.61. The molecule has 1 unspecified atom stereocenters. The molecule has 0 saturated carbocycles. The van der Waals surface area contributed by atoms with Gasteiger partial charge in [0.25, 0.3) is 11.5 Å². The molecule has 2 heterocycles. The van der Waals surface area contributed by atoms with Gasteiger partial charge in [0.15, 0.2) is 0 Å². The molecule has 1 atom stereocenters. The van der Waals surface area contributed by atoms with Gasteiger partial charge in [-0.3, -0.25) is 9.59 Å².